The topological polar surface area (TPSA) is 52.1 Å². The lowest BCUT2D eigenvalue weighted by Crippen LogP contribution is -2.49. The third kappa shape index (κ3) is 7.73. The smallest absolute Gasteiger partial charge is 0.191 e. The molecule has 0 atom stereocenters. The number of ether oxygens (including phenoxy) is 1. The van der Waals surface area contributed by atoms with E-state index in [0.29, 0.717) is 6.04 Å². The van der Waals surface area contributed by atoms with Crippen LogP contribution in [0.1, 0.15) is 31.2 Å². The first-order valence-corrected chi connectivity index (χ1v) is 11.7. The summed E-state index contributed by atoms with van der Waals surface area (Å²) in [4.78, 5) is 9.49. The van der Waals surface area contributed by atoms with Crippen molar-refractivity contribution in [1.29, 1.82) is 0 Å². The van der Waals surface area contributed by atoms with E-state index in [-0.39, 0.29) is 0 Å². The number of benzene rings is 1. The number of likely N-dealkylation sites (tertiary alicyclic amines) is 2. The van der Waals surface area contributed by atoms with Gasteiger partial charge in [0.2, 0.25) is 0 Å². The van der Waals surface area contributed by atoms with Crippen molar-refractivity contribution in [3.63, 3.8) is 0 Å². The number of hydrogen-bond acceptors (Lipinski definition) is 4. The third-order valence-electron chi connectivity index (χ3n) is 6.35. The highest BCUT2D eigenvalue weighted by Gasteiger charge is 2.22. The summed E-state index contributed by atoms with van der Waals surface area (Å²) in [6.07, 6.45) is 4.78. The number of hydrogen-bond donors (Lipinski definition) is 2. The summed E-state index contributed by atoms with van der Waals surface area (Å²) in [5, 5.41) is 8.01. The van der Waals surface area contributed by atoms with Crippen LogP contribution >= 0.6 is 11.6 Å². The molecule has 3 rings (SSSR count). The summed E-state index contributed by atoms with van der Waals surface area (Å²) in [7, 11) is 3.65. The molecule has 0 spiro atoms. The number of methoxy groups -OCH3 is 1. The Balaban J connectivity index is 1.32. The molecule has 2 fully saturated rings. The molecule has 0 aliphatic carbocycles. The molecule has 1 aromatic carbocycles. The van der Waals surface area contributed by atoms with Crippen molar-refractivity contribution in [2.24, 2.45) is 10.9 Å². The zero-order valence-electron chi connectivity index (χ0n) is 18.6. The fourth-order valence-corrected chi connectivity index (χ4v) is 4.47. The maximum atomic E-state index is 5.99. The summed E-state index contributed by atoms with van der Waals surface area (Å²) in [5.41, 5.74) is 1.33. The number of nitrogens with one attached hydrogen (secondary N) is 2. The quantitative estimate of drug-likeness (QED) is 0.485. The summed E-state index contributed by atoms with van der Waals surface area (Å²) < 4.78 is 5.19. The molecule has 0 bridgehead atoms. The van der Waals surface area contributed by atoms with Crippen molar-refractivity contribution in [3.8, 4) is 0 Å². The van der Waals surface area contributed by atoms with Crippen LogP contribution in [0.5, 0.6) is 0 Å². The predicted molar refractivity (Wildman–Crippen MR) is 125 cm³/mol. The lowest BCUT2D eigenvalue weighted by atomic mass is 9.97. The van der Waals surface area contributed by atoms with Crippen molar-refractivity contribution < 1.29 is 4.74 Å². The normalized spacial score (nSPS) is 20.4. The second-order valence-corrected chi connectivity index (χ2v) is 8.99. The largest absolute Gasteiger partial charge is 0.383 e. The Labute approximate surface area is 187 Å². The van der Waals surface area contributed by atoms with Gasteiger partial charge in [0, 0.05) is 57.9 Å². The molecule has 1 aromatic rings. The number of rotatable bonds is 8. The van der Waals surface area contributed by atoms with E-state index < -0.39 is 0 Å². The average Bonchev–Trinajstić information content (AvgIpc) is 2.78. The van der Waals surface area contributed by atoms with Crippen molar-refractivity contribution >= 4 is 17.6 Å². The van der Waals surface area contributed by atoms with Crippen LogP contribution in [0.3, 0.4) is 0 Å². The summed E-state index contributed by atoms with van der Waals surface area (Å²) in [6, 6.07) is 8.70. The second kappa shape index (κ2) is 12.5. The summed E-state index contributed by atoms with van der Waals surface area (Å²) >= 11 is 5.99. The minimum Gasteiger partial charge on any atom is -0.383 e. The molecule has 0 amide bonds. The Hall–Kier alpha value is -1.34. The first-order valence-electron chi connectivity index (χ1n) is 11.3. The summed E-state index contributed by atoms with van der Waals surface area (Å²) in [6.45, 7) is 8.46. The van der Waals surface area contributed by atoms with Gasteiger partial charge in [0.1, 0.15) is 0 Å². The first-order chi connectivity index (χ1) is 14.7. The number of nitrogens with zero attached hydrogens (tertiary/aromatic N) is 3. The molecular weight excluding hydrogens is 398 g/mol. The molecule has 6 nitrogen and oxygen atoms in total. The van der Waals surface area contributed by atoms with E-state index in [1.54, 1.807) is 7.11 Å². The lowest BCUT2D eigenvalue weighted by molar-refractivity contribution is 0.120. The van der Waals surface area contributed by atoms with Gasteiger partial charge in [-0.2, -0.15) is 0 Å². The highest BCUT2D eigenvalue weighted by molar-refractivity contribution is 6.30. The molecule has 2 aliphatic rings. The van der Waals surface area contributed by atoms with E-state index in [2.05, 4.69) is 37.6 Å². The van der Waals surface area contributed by atoms with Gasteiger partial charge in [-0.1, -0.05) is 23.7 Å². The SMILES string of the molecule is CN=C(NCC1CCN(CCOC)CC1)NC1CCN(Cc2ccc(Cl)cc2)CC1. The van der Waals surface area contributed by atoms with Gasteiger partial charge in [0.25, 0.3) is 0 Å². The molecular formula is C23H38ClN5O. The van der Waals surface area contributed by atoms with Gasteiger partial charge in [-0.25, -0.2) is 0 Å². The van der Waals surface area contributed by atoms with E-state index in [9.17, 15) is 0 Å². The van der Waals surface area contributed by atoms with Gasteiger partial charge >= 0.3 is 0 Å². The third-order valence-corrected chi connectivity index (χ3v) is 6.60. The summed E-state index contributed by atoms with van der Waals surface area (Å²) in [5.74, 6) is 1.68. The zero-order valence-corrected chi connectivity index (χ0v) is 19.3. The molecule has 0 aromatic heterocycles. The van der Waals surface area contributed by atoms with Gasteiger partial charge in [-0.05, 0) is 62.4 Å². The highest BCUT2D eigenvalue weighted by atomic mass is 35.5. The molecule has 0 unspecified atom stereocenters. The van der Waals surface area contributed by atoms with E-state index >= 15 is 0 Å². The van der Waals surface area contributed by atoms with Gasteiger partial charge in [0.15, 0.2) is 5.96 Å². The van der Waals surface area contributed by atoms with Crippen molar-refractivity contribution in [2.45, 2.75) is 38.3 Å². The van der Waals surface area contributed by atoms with E-state index in [1.165, 1.54) is 31.5 Å². The van der Waals surface area contributed by atoms with Crippen LogP contribution in [0, 0.1) is 5.92 Å². The highest BCUT2D eigenvalue weighted by Crippen LogP contribution is 2.17. The molecule has 168 valence electrons. The van der Waals surface area contributed by atoms with Crippen LogP contribution in [-0.2, 0) is 11.3 Å². The molecule has 30 heavy (non-hydrogen) atoms. The molecule has 0 saturated carbocycles. The Morgan fingerprint density at radius 2 is 1.73 bits per heavy atom. The van der Waals surface area contributed by atoms with Gasteiger partial charge in [-0.15, -0.1) is 0 Å². The number of piperidine rings is 2. The van der Waals surface area contributed by atoms with Gasteiger partial charge in [-0.3, -0.25) is 9.89 Å². The molecule has 7 heteroatoms. The standard InChI is InChI=1S/C23H38ClN5O/c1-25-23(26-17-19-7-11-28(12-8-19)15-16-30-2)27-22-9-13-29(14-10-22)18-20-3-5-21(24)6-4-20/h3-6,19,22H,7-18H2,1-2H3,(H2,25,26,27). The van der Waals surface area contributed by atoms with Crippen molar-refractivity contribution in [2.75, 3.05) is 60.0 Å². The maximum Gasteiger partial charge on any atom is 0.191 e. The van der Waals surface area contributed by atoms with Gasteiger partial charge in [0.05, 0.1) is 6.61 Å². The zero-order chi connectivity index (χ0) is 21.2. The molecule has 2 N–H and O–H groups in total. The van der Waals surface area contributed by atoms with E-state index in [0.717, 1.165) is 69.1 Å². The van der Waals surface area contributed by atoms with Crippen LogP contribution in [0.2, 0.25) is 5.02 Å². The first kappa shape index (κ1) is 23.3. The van der Waals surface area contributed by atoms with E-state index in [1.807, 2.05) is 19.2 Å². The lowest BCUT2D eigenvalue weighted by Gasteiger charge is -2.34. The van der Waals surface area contributed by atoms with Crippen LogP contribution in [-0.4, -0.2) is 81.8 Å². The minimum atomic E-state index is 0.494. The number of aliphatic imine (C=N–C) groups is 1. The molecule has 2 heterocycles. The van der Waals surface area contributed by atoms with Crippen LogP contribution < -0.4 is 10.6 Å². The monoisotopic (exact) mass is 435 g/mol. The van der Waals surface area contributed by atoms with Gasteiger partial charge < -0.3 is 20.3 Å². The second-order valence-electron chi connectivity index (χ2n) is 8.55. The number of halogens is 1. The maximum absolute atomic E-state index is 5.99. The molecule has 0 radical (unpaired) electrons. The number of guanidine groups is 1. The van der Waals surface area contributed by atoms with Crippen LogP contribution in [0.15, 0.2) is 29.3 Å². The fourth-order valence-electron chi connectivity index (χ4n) is 4.35. The minimum absolute atomic E-state index is 0.494. The van der Waals surface area contributed by atoms with Crippen LogP contribution in [0.25, 0.3) is 0 Å². The van der Waals surface area contributed by atoms with Crippen molar-refractivity contribution in [1.82, 2.24) is 20.4 Å². The van der Waals surface area contributed by atoms with E-state index in [4.69, 9.17) is 16.3 Å². The fraction of sp³-hybridized carbons (Fsp3) is 0.696. The van der Waals surface area contributed by atoms with Crippen molar-refractivity contribution in [3.05, 3.63) is 34.9 Å². The Kier molecular flexibility index (Phi) is 9.72. The predicted octanol–water partition coefficient (Wildman–Crippen LogP) is 2.83. The molecule has 2 aliphatic heterocycles. The Morgan fingerprint density at radius 1 is 1.07 bits per heavy atom. The van der Waals surface area contributed by atoms with Crippen LogP contribution in [0.4, 0.5) is 0 Å². The average molecular weight is 436 g/mol. The molecule has 2 saturated heterocycles. The Bertz CT molecular complexity index is 637. The Morgan fingerprint density at radius 3 is 2.37 bits per heavy atom.